The highest BCUT2D eigenvalue weighted by Crippen LogP contribution is 2.22. The second kappa shape index (κ2) is 6.85. The van der Waals surface area contributed by atoms with Gasteiger partial charge in [0.15, 0.2) is 0 Å². The highest BCUT2D eigenvalue weighted by molar-refractivity contribution is 5.81. The molecule has 108 valence electrons. The Morgan fingerprint density at radius 2 is 2.20 bits per heavy atom. The maximum absolute atomic E-state index is 11.7. The van der Waals surface area contributed by atoms with E-state index in [0.717, 1.165) is 12.8 Å². The largest absolute Gasteiger partial charge is 0.378 e. The van der Waals surface area contributed by atoms with E-state index in [2.05, 4.69) is 10.6 Å². The summed E-state index contributed by atoms with van der Waals surface area (Å²) in [5.74, 6) is -0.119. The Morgan fingerprint density at radius 1 is 1.40 bits per heavy atom. The fraction of sp³-hybridized carbons (Fsp3) is 0.462. The van der Waals surface area contributed by atoms with E-state index >= 15 is 0 Å². The lowest BCUT2D eigenvalue weighted by Gasteiger charge is -2.11. The average molecular weight is 279 g/mol. The van der Waals surface area contributed by atoms with Crippen LogP contribution in [0.3, 0.4) is 0 Å². The third kappa shape index (κ3) is 3.67. The minimum Gasteiger partial charge on any atom is -0.378 e. The summed E-state index contributed by atoms with van der Waals surface area (Å²) >= 11 is 0. The molecule has 1 heterocycles. The Hall–Kier alpha value is -2.15. The number of hydrogen-bond acceptors (Lipinski definition) is 5. The standard InChI is InChI=1S/C13H17N3O4/c17-13(12-6-3-9-20-12)15-8-7-14-10-4-1-2-5-11(10)16(18)19/h1-2,4-5,12,14H,3,6-9H2,(H,15,17)/t12-/m1/s1. The van der Waals surface area contributed by atoms with Crippen LogP contribution in [-0.4, -0.2) is 36.6 Å². The monoisotopic (exact) mass is 279 g/mol. The maximum atomic E-state index is 11.7. The number of nitrogens with zero attached hydrogens (tertiary/aromatic N) is 1. The highest BCUT2D eigenvalue weighted by Gasteiger charge is 2.22. The Balaban J connectivity index is 1.76. The summed E-state index contributed by atoms with van der Waals surface area (Å²) in [6, 6.07) is 6.41. The molecular formula is C13H17N3O4. The molecule has 0 spiro atoms. The second-order valence-electron chi connectivity index (χ2n) is 4.49. The number of para-hydroxylation sites is 2. The van der Waals surface area contributed by atoms with E-state index in [0.29, 0.717) is 25.4 Å². The number of hydrogen-bond donors (Lipinski definition) is 2. The van der Waals surface area contributed by atoms with Crippen molar-refractivity contribution in [2.75, 3.05) is 25.0 Å². The number of nitro groups is 1. The van der Waals surface area contributed by atoms with Gasteiger partial charge in [-0.05, 0) is 18.9 Å². The van der Waals surface area contributed by atoms with Crippen molar-refractivity contribution in [1.29, 1.82) is 0 Å². The predicted octanol–water partition coefficient (Wildman–Crippen LogP) is 1.30. The zero-order valence-corrected chi connectivity index (χ0v) is 11.0. The molecule has 0 unspecified atom stereocenters. The minimum atomic E-state index is -0.437. The summed E-state index contributed by atoms with van der Waals surface area (Å²) in [7, 11) is 0. The van der Waals surface area contributed by atoms with Crippen molar-refractivity contribution < 1.29 is 14.5 Å². The van der Waals surface area contributed by atoms with Crippen LogP contribution in [0.25, 0.3) is 0 Å². The number of carbonyl (C=O) groups is 1. The van der Waals surface area contributed by atoms with E-state index < -0.39 is 4.92 Å². The van der Waals surface area contributed by atoms with E-state index in [1.54, 1.807) is 18.2 Å². The molecule has 1 aliphatic rings. The summed E-state index contributed by atoms with van der Waals surface area (Å²) in [5.41, 5.74) is 0.474. The van der Waals surface area contributed by atoms with Crippen LogP contribution in [0.2, 0.25) is 0 Å². The Labute approximate surface area is 116 Å². The lowest BCUT2D eigenvalue weighted by Crippen LogP contribution is -2.36. The summed E-state index contributed by atoms with van der Waals surface area (Å²) in [6.07, 6.45) is 1.32. The first-order valence-corrected chi connectivity index (χ1v) is 6.55. The van der Waals surface area contributed by atoms with Crippen LogP contribution < -0.4 is 10.6 Å². The normalized spacial score (nSPS) is 17.7. The van der Waals surface area contributed by atoms with Gasteiger partial charge in [-0.2, -0.15) is 0 Å². The number of ether oxygens (including phenoxy) is 1. The van der Waals surface area contributed by atoms with Gasteiger partial charge in [0.2, 0.25) is 5.91 Å². The average Bonchev–Trinajstić information content (AvgIpc) is 2.98. The van der Waals surface area contributed by atoms with E-state index in [4.69, 9.17) is 4.74 Å². The zero-order valence-electron chi connectivity index (χ0n) is 11.0. The first kappa shape index (κ1) is 14.3. The molecule has 1 atom stereocenters. The molecule has 0 bridgehead atoms. The molecular weight excluding hydrogens is 262 g/mol. The zero-order chi connectivity index (χ0) is 14.4. The second-order valence-corrected chi connectivity index (χ2v) is 4.49. The van der Waals surface area contributed by atoms with Gasteiger partial charge in [-0.3, -0.25) is 14.9 Å². The molecule has 1 saturated heterocycles. The van der Waals surface area contributed by atoms with E-state index in [1.807, 2.05) is 0 Å². The molecule has 2 N–H and O–H groups in total. The molecule has 1 aromatic carbocycles. The summed E-state index contributed by atoms with van der Waals surface area (Å²) in [4.78, 5) is 22.0. The van der Waals surface area contributed by atoms with Crippen LogP contribution in [0.1, 0.15) is 12.8 Å². The van der Waals surface area contributed by atoms with Crippen LogP contribution >= 0.6 is 0 Å². The van der Waals surface area contributed by atoms with Gasteiger partial charge in [0.1, 0.15) is 11.8 Å². The van der Waals surface area contributed by atoms with Crippen molar-refractivity contribution in [1.82, 2.24) is 5.32 Å². The number of benzene rings is 1. The molecule has 1 fully saturated rings. The third-order valence-electron chi connectivity index (χ3n) is 3.06. The molecule has 2 rings (SSSR count). The molecule has 0 saturated carbocycles. The smallest absolute Gasteiger partial charge is 0.292 e. The topological polar surface area (TPSA) is 93.5 Å². The van der Waals surface area contributed by atoms with Crippen LogP contribution in [0, 0.1) is 10.1 Å². The number of carbonyl (C=O) groups excluding carboxylic acids is 1. The first-order valence-electron chi connectivity index (χ1n) is 6.55. The van der Waals surface area contributed by atoms with Crippen LogP contribution in [0.15, 0.2) is 24.3 Å². The van der Waals surface area contributed by atoms with Gasteiger partial charge in [0.05, 0.1) is 4.92 Å². The van der Waals surface area contributed by atoms with E-state index in [1.165, 1.54) is 6.07 Å². The molecule has 0 radical (unpaired) electrons. The van der Waals surface area contributed by atoms with Gasteiger partial charge in [0, 0.05) is 25.8 Å². The number of rotatable bonds is 6. The molecule has 1 aromatic rings. The van der Waals surface area contributed by atoms with Crippen molar-refractivity contribution >= 4 is 17.3 Å². The van der Waals surface area contributed by atoms with Crippen molar-refractivity contribution in [3.05, 3.63) is 34.4 Å². The van der Waals surface area contributed by atoms with Crippen molar-refractivity contribution in [2.24, 2.45) is 0 Å². The number of amides is 1. The highest BCUT2D eigenvalue weighted by atomic mass is 16.6. The molecule has 1 aliphatic heterocycles. The molecule has 20 heavy (non-hydrogen) atoms. The maximum Gasteiger partial charge on any atom is 0.292 e. The molecule has 7 nitrogen and oxygen atoms in total. The van der Waals surface area contributed by atoms with Crippen molar-refractivity contribution in [2.45, 2.75) is 18.9 Å². The van der Waals surface area contributed by atoms with Crippen LogP contribution in [0.4, 0.5) is 11.4 Å². The molecule has 0 aliphatic carbocycles. The first-order chi connectivity index (χ1) is 9.68. The van der Waals surface area contributed by atoms with Crippen molar-refractivity contribution in [3.8, 4) is 0 Å². The number of nitrogens with one attached hydrogen (secondary N) is 2. The third-order valence-corrected chi connectivity index (χ3v) is 3.06. The quantitative estimate of drug-likeness (QED) is 0.465. The summed E-state index contributed by atoms with van der Waals surface area (Å²) in [5, 5.41) is 16.5. The van der Waals surface area contributed by atoms with Crippen molar-refractivity contribution in [3.63, 3.8) is 0 Å². The van der Waals surface area contributed by atoms with E-state index in [9.17, 15) is 14.9 Å². The van der Waals surface area contributed by atoms with Crippen LogP contribution in [-0.2, 0) is 9.53 Å². The fourth-order valence-electron chi connectivity index (χ4n) is 2.06. The van der Waals surface area contributed by atoms with Gasteiger partial charge < -0.3 is 15.4 Å². The minimum absolute atomic E-state index is 0.0259. The Bertz CT molecular complexity index is 486. The van der Waals surface area contributed by atoms with Gasteiger partial charge in [-0.1, -0.05) is 12.1 Å². The lowest BCUT2D eigenvalue weighted by atomic mass is 10.2. The van der Waals surface area contributed by atoms with Crippen LogP contribution in [0.5, 0.6) is 0 Å². The summed E-state index contributed by atoms with van der Waals surface area (Å²) in [6.45, 7) is 1.45. The Kier molecular flexibility index (Phi) is 4.89. The predicted molar refractivity (Wildman–Crippen MR) is 73.6 cm³/mol. The lowest BCUT2D eigenvalue weighted by molar-refractivity contribution is -0.384. The van der Waals surface area contributed by atoms with E-state index in [-0.39, 0.29) is 17.7 Å². The Morgan fingerprint density at radius 3 is 2.90 bits per heavy atom. The fourth-order valence-corrected chi connectivity index (χ4v) is 2.06. The number of anilines is 1. The molecule has 1 amide bonds. The SMILES string of the molecule is O=C(NCCNc1ccccc1[N+](=O)[O-])[C@H]1CCCO1. The van der Waals surface area contributed by atoms with Gasteiger partial charge in [-0.15, -0.1) is 0 Å². The van der Waals surface area contributed by atoms with Gasteiger partial charge in [0.25, 0.3) is 5.69 Å². The molecule has 0 aromatic heterocycles. The number of nitro benzene ring substituents is 1. The molecule has 7 heteroatoms. The summed E-state index contributed by atoms with van der Waals surface area (Å²) < 4.78 is 5.26. The van der Waals surface area contributed by atoms with Gasteiger partial charge in [-0.25, -0.2) is 0 Å². The van der Waals surface area contributed by atoms with Gasteiger partial charge >= 0.3 is 0 Å².